The molecule has 0 aliphatic rings. The molecule has 3 N–H and O–H groups in total. The van der Waals surface area contributed by atoms with Crippen LogP contribution in [0.3, 0.4) is 0 Å². The number of hydrogen-bond donors (Lipinski definition) is 2. The van der Waals surface area contributed by atoms with Crippen molar-refractivity contribution in [2.45, 2.75) is 51.8 Å². The number of primary amides is 1. The van der Waals surface area contributed by atoms with Crippen LogP contribution in [0.1, 0.15) is 40.2 Å². The highest BCUT2D eigenvalue weighted by atomic mass is 16.5. The Morgan fingerprint density at radius 3 is 2.20 bits per heavy atom. The minimum absolute atomic E-state index is 0.103. The van der Waals surface area contributed by atoms with Gasteiger partial charge in [-0.25, -0.2) is 0 Å². The predicted octanol–water partition coefficient (Wildman–Crippen LogP) is 2.18. The van der Waals surface area contributed by atoms with Crippen molar-refractivity contribution in [3.63, 3.8) is 0 Å². The molecule has 0 saturated heterocycles. The number of amides is 1. The summed E-state index contributed by atoms with van der Waals surface area (Å²) in [6.07, 6.45) is 0. The first-order chi connectivity index (χ1) is 9.17. The summed E-state index contributed by atoms with van der Waals surface area (Å²) in [6.45, 7) is 10.0. The smallest absolute Gasteiger partial charge is 0.244 e. The van der Waals surface area contributed by atoms with E-state index in [1.807, 2.05) is 65.0 Å². The lowest BCUT2D eigenvalue weighted by Gasteiger charge is -2.36. The fourth-order valence-electron chi connectivity index (χ4n) is 2.03. The zero-order chi connectivity index (χ0) is 15.4. The van der Waals surface area contributed by atoms with Gasteiger partial charge in [0.25, 0.3) is 0 Å². The molecule has 0 aliphatic carbocycles. The van der Waals surface area contributed by atoms with Crippen LogP contribution < -0.4 is 11.1 Å². The van der Waals surface area contributed by atoms with Crippen LogP contribution in [-0.4, -0.2) is 24.2 Å². The molecule has 0 spiro atoms. The van der Waals surface area contributed by atoms with Crippen molar-refractivity contribution in [2.75, 3.05) is 6.61 Å². The standard InChI is InChI=1S/C16H26N2O2/c1-12(2)18-16(14(17)19,11-20-15(3,4)5)13-9-7-6-8-10-13/h6-10,12,18H,11H2,1-5H3,(H2,17,19). The molecule has 0 bridgehead atoms. The van der Waals surface area contributed by atoms with Crippen LogP contribution in [0.2, 0.25) is 0 Å². The summed E-state index contributed by atoms with van der Waals surface area (Å²) >= 11 is 0. The molecule has 4 nitrogen and oxygen atoms in total. The van der Waals surface area contributed by atoms with Gasteiger partial charge in [0.05, 0.1) is 12.2 Å². The lowest BCUT2D eigenvalue weighted by molar-refractivity contribution is -0.131. The van der Waals surface area contributed by atoms with E-state index < -0.39 is 11.4 Å². The van der Waals surface area contributed by atoms with E-state index in [9.17, 15) is 4.79 Å². The lowest BCUT2D eigenvalue weighted by Crippen LogP contribution is -2.58. The maximum atomic E-state index is 12.2. The highest BCUT2D eigenvalue weighted by molar-refractivity contribution is 5.86. The molecule has 1 unspecified atom stereocenters. The second kappa shape index (κ2) is 6.37. The monoisotopic (exact) mass is 278 g/mol. The summed E-state index contributed by atoms with van der Waals surface area (Å²) in [5.41, 5.74) is 5.17. The maximum absolute atomic E-state index is 12.2. The molecule has 0 heterocycles. The number of rotatable bonds is 6. The molecule has 0 aliphatic heterocycles. The first-order valence-electron chi connectivity index (χ1n) is 6.94. The van der Waals surface area contributed by atoms with Crippen LogP contribution in [0.4, 0.5) is 0 Å². The first-order valence-corrected chi connectivity index (χ1v) is 6.94. The van der Waals surface area contributed by atoms with Crippen LogP contribution in [0.5, 0.6) is 0 Å². The number of ether oxygens (including phenoxy) is 1. The Kier molecular flexibility index (Phi) is 5.31. The molecule has 4 heteroatoms. The van der Waals surface area contributed by atoms with Gasteiger partial charge in [-0.2, -0.15) is 0 Å². The number of carbonyl (C=O) groups is 1. The Balaban J connectivity index is 3.18. The van der Waals surface area contributed by atoms with Crippen LogP contribution in [-0.2, 0) is 15.1 Å². The Hall–Kier alpha value is -1.39. The Morgan fingerprint density at radius 1 is 1.25 bits per heavy atom. The summed E-state index contributed by atoms with van der Waals surface area (Å²) in [6, 6.07) is 9.59. The van der Waals surface area contributed by atoms with E-state index in [-0.39, 0.29) is 18.2 Å². The summed E-state index contributed by atoms with van der Waals surface area (Å²) < 4.78 is 5.85. The van der Waals surface area contributed by atoms with E-state index in [1.165, 1.54) is 0 Å². The fourth-order valence-corrected chi connectivity index (χ4v) is 2.03. The number of nitrogens with two attached hydrogens (primary N) is 1. The van der Waals surface area contributed by atoms with Crippen molar-refractivity contribution in [1.82, 2.24) is 5.32 Å². The molecule has 20 heavy (non-hydrogen) atoms. The molecule has 0 saturated carbocycles. The molecule has 1 rings (SSSR count). The van der Waals surface area contributed by atoms with Gasteiger partial charge in [-0.05, 0) is 40.2 Å². The average molecular weight is 278 g/mol. The quantitative estimate of drug-likeness (QED) is 0.838. The third kappa shape index (κ3) is 4.32. The average Bonchev–Trinajstić information content (AvgIpc) is 2.33. The SMILES string of the molecule is CC(C)NC(COC(C)(C)C)(C(N)=O)c1ccccc1. The van der Waals surface area contributed by atoms with Crippen LogP contribution in [0.25, 0.3) is 0 Å². The first kappa shape index (κ1) is 16.7. The van der Waals surface area contributed by atoms with E-state index in [0.717, 1.165) is 5.56 Å². The maximum Gasteiger partial charge on any atom is 0.244 e. The van der Waals surface area contributed by atoms with Gasteiger partial charge in [-0.15, -0.1) is 0 Å². The second-order valence-corrected chi connectivity index (χ2v) is 6.34. The van der Waals surface area contributed by atoms with E-state index in [0.29, 0.717) is 0 Å². The summed E-state index contributed by atoms with van der Waals surface area (Å²) in [5.74, 6) is -0.429. The van der Waals surface area contributed by atoms with Crippen molar-refractivity contribution >= 4 is 5.91 Å². The van der Waals surface area contributed by atoms with Gasteiger partial charge in [0.15, 0.2) is 0 Å². The van der Waals surface area contributed by atoms with Gasteiger partial charge < -0.3 is 10.5 Å². The second-order valence-electron chi connectivity index (χ2n) is 6.34. The van der Waals surface area contributed by atoms with E-state index in [2.05, 4.69) is 5.32 Å². The Labute approximate surface area is 121 Å². The third-order valence-corrected chi connectivity index (χ3v) is 2.94. The molecule has 1 amide bonds. The zero-order valence-electron chi connectivity index (χ0n) is 13.1. The van der Waals surface area contributed by atoms with E-state index >= 15 is 0 Å². The van der Waals surface area contributed by atoms with Crippen molar-refractivity contribution in [3.05, 3.63) is 35.9 Å². The largest absolute Gasteiger partial charge is 0.373 e. The molecule has 1 aromatic carbocycles. The predicted molar refractivity (Wildman–Crippen MR) is 81.3 cm³/mol. The molecule has 112 valence electrons. The summed E-state index contributed by atoms with van der Waals surface area (Å²) in [7, 11) is 0. The van der Waals surface area contributed by atoms with Gasteiger partial charge in [-0.1, -0.05) is 30.3 Å². The zero-order valence-corrected chi connectivity index (χ0v) is 13.1. The molecular formula is C16H26N2O2. The minimum Gasteiger partial charge on any atom is -0.373 e. The molecule has 1 atom stereocenters. The Morgan fingerprint density at radius 2 is 1.80 bits per heavy atom. The highest BCUT2D eigenvalue weighted by Gasteiger charge is 2.40. The number of benzene rings is 1. The molecule has 0 fully saturated rings. The molecule has 0 radical (unpaired) electrons. The Bertz CT molecular complexity index is 438. The van der Waals surface area contributed by atoms with Crippen molar-refractivity contribution in [3.8, 4) is 0 Å². The van der Waals surface area contributed by atoms with Gasteiger partial charge in [0, 0.05) is 6.04 Å². The summed E-state index contributed by atoms with van der Waals surface area (Å²) in [4.78, 5) is 12.2. The minimum atomic E-state index is -1.01. The topological polar surface area (TPSA) is 64.3 Å². The van der Waals surface area contributed by atoms with Gasteiger partial charge in [0.1, 0.15) is 5.54 Å². The van der Waals surface area contributed by atoms with Gasteiger partial charge in [0.2, 0.25) is 5.91 Å². The van der Waals surface area contributed by atoms with Gasteiger partial charge in [-0.3, -0.25) is 10.1 Å². The van der Waals surface area contributed by atoms with Crippen molar-refractivity contribution in [2.24, 2.45) is 5.73 Å². The number of nitrogens with one attached hydrogen (secondary N) is 1. The van der Waals surface area contributed by atoms with Crippen LogP contribution >= 0.6 is 0 Å². The molecular weight excluding hydrogens is 252 g/mol. The van der Waals surface area contributed by atoms with Crippen LogP contribution in [0.15, 0.2) is 30.3 Å². The summed E-state index contributed by atoms with van der Waals surface area (Å²) in [5, 5.41) is 3.28. The third-order valence-electron chi connectivity index (χ3n) is 2.94. The number of carbonyl (C=O) groups excluding carboxylic acids is 1. The normalized spacial score (nSPS) is 15.1. The van der Waals surface area contributed by atoms with Crippen LogP contribution in [0, 0.1) is 0 Å². The molecule has 0 aromatic heterocycles. The van der Waals surface area contributed by atoms with Gasteiger partial charge >= 0.3 is 0 Å². The lowest BCUT2D eigenvalue weighted by atomic mass is 9.88. The van der Waals surface area contributed by atoms with Crippen molar-refractivity contribution in [1.29, 1.82) is 0 Å². The molecule has 1 aromatic rings. The fraction of sp³-hybridized carbons (Fsp3) is 0.562. The highest BCUT2D eigenvalue weighted by Crippen LogP contribution is 2.24. The number of hydrogen-bond acceptors (Lipinski definition) is 3. The van der Waals surface area contributed by atoms with E-state index in [1.54, 1.807) is 0 Å². The van der Waals surface area contributed by atoms with Crippen molar-refractivity contribution < 1.29 is 9.53 Å². The van der Waals surface area contributed by atoms with E-state index in [4.69, 9.17) is 10.5 Å².